The molecule has 0 aliphatic heterocycles. The maximum atomic E-state index is 13.4. The molecule has 1 amide bonds. The smallest absolute Gasteiger partial charge is 0.228 e. The fourth-order valence-corrected chi connectivity index (χ4v) is 4.52. The number of aromatic nitrogens is 1. The number of halogens is 2. The molecule has 2 atom stereocenters. The summed E-state index contributed by atoms with van der Waals surface area (Å²) in [6, 6.07) is 11.4. The van der Waals surface area contributed by atoms with E-state index in [-0.39, 0.29) is 22.6 Å². The summed E-state index contributed by atoms with van der Waals surface area (Å²) in [5.74, 6) is -2.12. The topological polar surface area (TPSA) is 76.1 Å². The van der Waals surface area contributed by atoms with Crippen LogP contribution in [0.4, 0.5) is 14.5 Å². The lowest BCUT2D eigenvalue weighted by molar-refractivity contribution is -0.117. The number of benzene rings is 2. The van der Waals surface area contributed by atoms with E-state index in [1.165, 1.54) is 24.3 Å². The first-order chi connectivity index (χ1) is 13.8. The van der Waals surface area contributed by atoms with Crippen molar-refractivity contribution < 1.29 is 22.0 Å². The molecular formula is C21H16F2N2O3S. The van der Waals surface area contributed by atoms with Crippen LogP contribution in [0.15, 0.2) is 76.8 Å². The number of carbonyl (C=O) groups is 1. The molecule has 1 fully saturated rings. The van der Waals surface area contributed by atoms with Crippen LogP contribution < -0.4 is 5.32 Å². The summed E-state index contributed by atoms with van der Waals surface area (Å²) in [4.78, 5) is 15.9. The van der Waals surface area contributed by atoms with E-state index in [9.17, 15) is 22.0 Å². The Morgan fingerprint density at radius 2 is 1.69 bits per heavy atom. The van der Waals surface area contributed by atoms with Gasteiger partial charge in [0.2, 0.25) is 15.7 Å². The largest absolute Gasteiger partial charge is 0.326 e. The minimum Gasteiger partial charge on any atom is -0.326 e. The molecule has 1 N–H and O–H groups in total. The molecule has 1 saturated carbocycles. The number of hydrogen-bond donors (Lipinski definition) is 1. The molecule has 3 aromatic rings. The highest BCUT2D eigenvalue weighted by Gasteiger charge is 2.44. The quantitative estimate of drug-likeness (QED) is 0.686. The van der Waals surface area contributed by atoms with Crippen molar-refractivity contribution in [1.82, 2.24) is 4.98 Å². The molecule has 1 aromatic heterocycles. The van der Waals surface area contributed by atoms with Crippen LogP contribution in [0.25, 0.3) is 0 Å². The number of anilines is 1. The zero-order chi connectivity index (χ0) is 20.6. The van der Waals surface area contributed by atoms with Crippen LogP contribution in [0.5, 0.6) is 0 Å². The summed E-state index contributed by atoms with van der Waals surface area (Å²) in [6.07, 6.45) is 4.15. The summed E-state index contributed by atoms with van der Waals surface area (Å²) < 4.78 is 51.8. The predicted octanol–water partition coefficient (Wildman–Crippen LogP) is 3.93. The van der Waals surface area contributed by atoms with Crippen LogP contribution in [-0.4, -0.2) is 19.3 Å². The van der Waals surface area contributed by atoms with E-state index in [0.29, 0.717) is 11.8 Å². The third-order valence-corrected chi connectivity index (χ3v) is 6.57. The van der Waals surface area contributed by atoms with Crippen molar-refractivity contribution in [3.8, 4) is 0 Å². The summed E-state index contributed by atoms with van der Waals surface area (Å²) in [6.45, 7) is 0. The Kier molecular flexibility index (Phi) is 4.87. The van der Waals surface area contributed by atoms with Crippen molar-refractivity contribution in [3.05, 3.63) is 84.2 Å². The molecule has 0 spiro atoms. The third-order valence-electron chi connectivity index (χ3n) is 4.82. The van der Waals surface area contributed by atoms with Crippen molar-refractivity contribution in [3.63, 3.8) is 0 Å². The molecule has 8 heteroatoms. The lowest BCUT2D eigenvalue weighted by atomic mass is 10.1. The number of amides is 1. The van der Waals surface area contributed by atoms with Gasteiger partial charge in [0.25, 0.3) is 0 Å². The van der Waals surface area contributed by atoms with Crippen LogP contribution in [0.2, 0.25) is 0 Å². The van der Waals surface area contributed by atoms with Crippen LogP contribution in [0.3, 0.4) is 0 Å². The molecule has 1 heterocycles. The first kappa shape index (κ1) is 19.2. The minimum absolute atomic E-state index is 0.125. The van der Waals surface area contributed by atoms with Gasteiger partial charge in [0.15, 0.2) is 0 Å². The van der Waals surface area contributed by atoms with Gasteiger partial charge in [-0.3, -0.25) is 9.78 Å². The SMILES string of the molecule is O=C(Nc1ccc(S(=O)(=O)c2cc(F)cc(F)c2)cc1)C1CC1c1cccnc1. The van der Waals surface area contributed by atoms with E-state index < -0.39 is 26.4 Å². The summed E-state index contributed by atoms with van der Waals surface area (Å²) >= 11 is 0. The van der Waals surface area contributed by atoms with Gasteiger partial charge in [-0.15, -0.1) is 0 Å². The van der Waals surface area contributed by atoms with Gasteiger partial charge in [-0.1, -0.05) is 6.07 Å². The molecule has 0 saturated heterocycles. The first-order valence-corrected chi connectivity index (χ1v) is 10.3. The lowest BCUT2D eigenvalue weighted by Crippen LogP contribution is -2.14. The van der Waals surface area contributed by atoms with Crippen molar-refractivity contribution >= 4 is 21.4 Å². The molecule has 1 aliphatic carbocycles. The van der Waals surface area contributed by atoms with E-state index in [1.54, 1.807) is 12.4 Å². The Hall–Kier alpha value is -3.13. The molecule has 4 rings (SSSR count). The van der Waals surface area contributed by atoms with Gasteiger partial charge in [0, 0.05) is 30.1 Å². The van der Waals surface area contributed by atoms with Crippen LogP contribution in [-0.2, 0) is 14.6 Å². The zero-order valence-electron chi connectivity index (χ0n) is 15.0. The monoisotopic (exact) mass is 414 g/mol. The second-order valence-corrected chi connectivity index (χ2v) is 8.81. The molecule has 148 valence electrons. The highest BCUT2D eigenvalue weighted by atomic mass is 32.2. The molecular weight excluding hydrogens is 398 g/mol. The van der Waals surface area contributed by atoms with Gasteiger partial charge >= 0.3 is 0 Å². The van der Waals surface area contributed by atoms with Gasteiger partial charge in [-0.2, -0.15) is 0 Å². The number of nitrogens with zero attached hydrogens (tertiary/aromatic N) is 1. The number of rotatable bonds is 5. The number of hydrogen-bond acceptors (Lipinski definition) is 4. The molecule has 29 heavy (non-hydrogen) atoms. The fourth-order valence-electron chi connectivity index (χ4n) is 3.22. The second-order valence-electron chi connectivity index (χ2n) is 6.86. The van der Waals surface area contributed by atoms with E-state index in [1.807, 2.05) is 12.1 Å². The number of carbonyl (C=O) groups excluding carboxylic acids is 1. The molecule has 0 radical (unpaired) electrons. The molecule has 2 aromatic carbocycles. The fraction of sp³-hybridized carbons (Fsp3) is 0.143. The number of pyridine rings is 1. The minimum atomic E-state index is -4.08. The number of sulfone groups is 1. The van der Waals surface area contributed by atoms with Crippen molar-refractivity contribution in [2.45, 2.75) is 22.1 Å². The maximum absolute atomic E-state index is 13.4. The van der Waals surface area contributed by atoms with Crippen LogP contribution >= 0.6 is 0 Å². The predicted molar refractivity (Wildman–Crippen MR) is 102 cm³/mol. The Labute approximate surface area is 166 Å². The van der Waals surface area contributed by atoms with Crippen molar-refractivity contribution in [2.75, 3.05) is 5.32 Å². The number of nitrogens with one attached hydrogen (secondary N) is 1. The highest BCUT2D eigenvalue weighted by molar-refractivity contribution is 7.91. The van der Waals surface area contributed by atoms with E-state index in [4.69, 9.17) is 0 Å². The van der Waals surface area contributed by atoms with Gasteiger partial charge < -0.3 is 5.32 Å². The zero-order valence-corrected chi connectivity index (χ0v) is 15.9. The van der Waals surface area contributed by atoms with E-state index >= 15 is 0 Å². The first-order valence-electron chi connectivity index (χ1n) is 8.86. The Bertz CT molecular complexity index is 1150. The lowest BCUT2D eigenvalue weighted by Gasteiger charge is -2.08. The van der Waals surface area contributed by atoms with Gasteiger partial charge in [-0.05, 0) is 60.4 Å². The molecule has 5 nitrogen and oxygen atoms in total. The Balaban J connectivity index is 1.46. The molecule has 1 aliphatic rings. The molecule has 2 unspecified atom stereocenters. The third kappa shape index (κ3) is 4.02. The van der Waals surface area contributed by atoms with Crippen molar-refractivity contribution in [1.29, 1.82) is 0 Å². The normalized spacial score (nSPS) is 18.3. The average Bonchev–Trinajstić information content (AvgIpc) is 3.49. The van der Waals surface area contributed by atoms with E-state index in [0.717, 1.165) is 24.1 Å². The van der Waals surface area contributed by atoms with E-state index in [2.05, 4.69) is 10.3 Å². The summed E-state index contributed by atoms with van der Waals surface area (Å²) in [5, 5.41) is 2.77. The average molecular weight is 414 g/mol. The Morgan fingerprint density at radius 3 is 2.31 bits per heavy atom. The van der Waals surface area contributed by atoms with Crippen LogP contribution in [0.1, 0.15) is 17.9 Å². The maximum Gasteiger partial charge on any atom is 0.228 e. The second kappa shape index (κ2) is 7.36. The molecule has 0 bridgehead atoms. The van der Waals surface area contributed by atoms with Gasteiger partial charge in [-0.25, -0.2) is 17.2 Å². The Morgan fingerprint density at radius 1 is 1.00 bits per heavy atom. The highest BCUT2D eigenvalue weighted by Crippen LogP contribution is 2.47. The van der Waals surface area contributed by atoms with Crippen molar-refractivity contribution in [2.24, 2.45) is 5.92 Å². The summed E-state index contributed by atoms with van der Waals surface area (Å²) in [7, 11) is -4.08. The van der Waals surface area contributed by atoms with Gasteiger partial charge in [0.05, 0.1) is 9.79 Å². The summed E-state index contributed by atoms with van der Waals surface area (Å²) in [5.41, 5.74) is 1.45. The van der Waals surface area contributed by atoms with Gasteiger partial charge in [0.1, 0.15) is 11.6 Å². The standard InChI is InChI=1S/C21H16F2N2O3S/c22-14-8-15(23)10-18(9-14)29(27,28)17-5-3-16(4-6-17)25-21(26)20-11-19(20)13-2-1-7-24-12-13/h1-10,12,19-20H,11H2,(H,25,26). The van der Waals surface area contributed by atoms with Crippen LogP contribution in [0, 0.1) is 17.6 Å².